The van der Waals surface area contributed by atoms with E-state index >= 15 is 0 Å². The Hall–Kier alpha value is -1.71. The molecule has 2 aliphatic rings. The minimum absolute atomic E-state index is 0.191. The van der Waals surface area contributed by atoms with Crippen LogP contribution in [-0.2, 0) is 4.74 Å². The molecule has 1 aliphatic carbocycles. The summed E-state index contributed by atoms with van der Waals surface area (Å²) in [6.45, 7) is 0.633. The summed E-state index contributed by atoms with van der Waals surface area (Å²) in [7, 11) is 0. The summed E-state index contributed by atoms with van der Waals surface area (Å²) in [4.78, 5) is 13.5. The fraction of sp³-hybridized carbons (Fsp3) is 0.462. The summed E-state index contributed by atoms with van der Waals surface area (Å²) >= 11 is 0. The second-order valence-electron chi connectivity index (χ2n) is 4.70. The van der Waals surface area contributed by atoms with Crippen molar-refractivity contribution in [2.24, 2.45) is 0 Å². The Morgan fingerprint density at radius 2 is 1.94 bits per heavy atom. The number of amides is 1. The number of hydrogen-bond donors (Lipinski definition) is 1. The van der Waals surface area contributed by atoms with E-state index in [0.717, 1.165) is 18.4 Å². The van der Waals surface area contributed by atoms with Crippen LogP contribution in [0.5, 0.6) is 5.75 Å². The second kappa shape index (κ2) is 3.95. The minimum Gasteiger partial charge on any atom is -0.508 e. The van der Waals surface area contributed by atoms with Crippen LogP contribution >= 0.6 is 0 Å². The fourth-order valence-electron chi connectivity index (χ4n) is 2.34. The van der Waals surface area contributed by atoms with E-state index in [-0.39, 0.29) is 17.9 Å². The van der Waals surface area contributed by atoms with Crippen molar-refractivity contribution in [3.8, 4) is 5.75 Å². The average Bonchev–Trinajstić information content (AvgIpc) is 2.60. The first-order chi connectivity index (χ1) is 8.24. The molecular formula is C13H15NO3. The van der Waals surface area contributed by atoms with Gasteiger partial charge in [0.05, 0.1) is 6.54 Å². The van der Waals surface area contributed by atoms with E-state index < -0.39 is 0 Å². The number of cyclic esters (lactones) is 1. The zero-order valence-corrected chi connectivity index (χ0v) is 9.50. The molecule has 0 bridgehead atoms. The van der Waals surface area contributed by atoms with Crippen molar-refractivity contribution < 1.29 is 14.6 Å². The molecule has 4 nitrogen and oxygen atoms in total. The molecule has 1 aromatic carbocycles. The predicted molar refractivity (Wildman–Crippen MR) is 61.7 cm³/mol. The number of carbonyl (C=O) groups is 1. The van der Waals surface area contributed by atoms with E-state index in [1.807, 2.05) is 4.90 Å². The predicted octanol–water partition coefficient (Wildman–Crippen LogP) is 2.44. The van der Waals surface area contributed by atoms with Gasteiger partial charge in [0.15, 0.2) is 0 Å². The third-order valence-corrected chi connectivity index (χ3v) is 3.62. The van der Waals surface area contributed by atoms with Gasteiger partial charge in [-0.15, -0.1) is 0 Å². The summed E-state index contributed by atoms with van der Waals surface area (Å²) in [5.41, 5.74) is 0.943. The highest BCUT2D eigenvalue weighted by Gasteiger charge is 2.38. The van der Waals surface area contributed by atoms with E-state index in [2.05, 4.69) is 0 Å². The smallest absolute Gasteiger partial charge is 0.410 e. The Labute approximate surface area is 99.8 Å². The molecule has 1 aromatic rings. The van der Waals surface area contributed by atoms with Crippen LogP contribution in [0, 0.1) is 0 Å². The van der Waals surface area contributed by atoms with Gasteiger partial charge in [0.25, 0.3) is 0 Å². The summed E-state index contributed by atoms with van der Waals surface area (Å²) in [5.74, 6) is 0.230. The number of phenols is 1. The zero-order valence-electron chi connectivity index (χ0n) is 9.50. The minimum atomic E-state index is -0.201. The molecule has 0 radical (unpaired) electrons. The molecule has 1 N–H and O–H groups in total. The van der Waals surface area contributed by atoms with Crippen LogP contribution in [0.15, 0.2) is 24.3 Å². The van der Waals surface area contributed by atoms with Crippen molar-refractivity contribution in [1.82, 2.24) is 4.90 Å². The van der Waals surface area contributed by atoms with Crippen LogP contribution in [0.3, 0.4) is 0 Å². The van der Waals surface area contributed by atoms with Gasteiger partial charge in [-0.05, 0) is 37.0 Å². The molecule has 1 saturated heterocycles. The van der Waals surface area contributed by atoms with E-state index in [9.17, 15) is 9.90 Å². The highest BCUT2D eigenvalue weighted by Crippen LogP contribution is 2.33. The first-order valence-electron chi connectivity index (χ1n) is 6.00. The maximum Gasteiger partial charge on any atom is 0.410 e. The van der Waals surface area contributed by atoms with Gasteiger partial charge >= 0.3 is 6.09 Å². The molecule has 0 spiro atoms. The summed E-state index contributed by atoms with van der Waals surface area (Å²) in [5, 5.41) is 9.22. The quantitative estimate of drug-likeness (QED) is 0.853. The molecule has 4 heteroatoms. The molecule has 2 fully saturated rings. The largest absolute Gasteiger partial charge is 0.508 e. The topological polar surface area (TPSA) is 49.8 Å². The molecule has 90 valence electrons. The van der Waals surface area contributed by atoms with Crippen molar-refractivity contribution >= 4 is 6.09 Å². The summed E-state index contributed by atoms with van der Waals surface area (Å²) < 4.78 is 5.36. The number of hydrogen-bond acceptors (Lipinski definition) is 3. The molecule has 1 saturated carbocycles. The highest BCUT2D eigenvalue weighted by molar-refractivity contribution is 5.70. The van der Waals surface area contributed by atoms with E-state index in [4.69, 9.17) is 4.74 Å². The van der Waals surface area contributed by atoms with E-state index in [1.165, 1.54) is 6.42 Å². The molecule has 3 rings (SSSR count). The van der Waals surface area contributed by atoms with Gasteiger partial charge < -0.3 is 14.7 Å². The fourth-order valence-corrected chi connectivity index (χ4v) is 2.34. The number of nitrogens with zero attached hydrogens (tertiary/aromatic N) is 1. The molecule has 1 heterocycles. The summed E-state index contributed by atoms with van der Waals surface area (Å²) in [6, 6.07) is 7.23. The van der Waals surface area contributed by atoms with Gasteiger partial charge in [-0.1, -0.05) is 12.1 Å². The Morgan fingerprint density at radius 3 is 2.53 bits per heavy atom. The monoisotopic (exact) mass is 233 g/mol. The molecule has 1 atom stereocenters. The zero-order chi connectivity index (χ0) is 11.8. The van der Waals surface area contributed by atoms with E-state index in [1.54, 1.807) is 24.3 Å². The van der Waals surface area contributed by atoms with Crippen molar-refractivity contribution in [2.75, 3.05) is 6.54 Å². The van der Waals surface area contributed by atoms with Crippen LogP contribution in [0.2, 0.25) is 0 Å². The van der Waals surface area contributed by atoms with Gasteiger partial charge in [-0.25, -0.2) is 4.79 Å². The first kappa shape index (κ1) is 10.4. The van der Waals surface area contributed by atoms with E-state index in [0.29, 0.717) is 12.6 Å². The third kappa shape index (κ3) is 1.84. The first-order valence-corrected chi connectivity index (χ1v) is 6.00. The molecule has 1 amide bonds. The van der Waals surface area contributed by atoms with Crippen molar-refractivity contribution in [2.45, 2.75) is 31.4 Å². The lowest BCUT2D eigenvalue weighted by Crippen LogP contribution is -2.40. The standard InChI is InChI=1S/C13H15NO3/c15-11-6-4-9(5-7-11)12-8-14(13(16)17-12)10-2-1-3-10/h4-7,10,12,15H,1-3,8H2. The SMILES string of the molecule is O=C1OC(c2ccc(O)cc2)CN1C1CCC1. The van der Waals surface area contributed by atoms with Crippen LogP contribution in [0.4, 0.5) is 4.79 Å². The van der Waals surface area contributed by atoms with Gasteiger partial charge in [0, 0.05) is 6.04 Å². The van der Waals surface area contributed by atoms with Crippen molar-refractivity contribution in [3.63, 3.8) is 0 Å². The Morgan fingerprint density at radius 1 is 1.24 bits per heavy atom. The average molecular weight is 233 g/mol. The van der Waals surface area contributed by atoms with Crippen LogP contribution < -0.4 is 0 Å². The number of phenolic OH excluding ortho intramolecular Hbond substituents is 1. The third-order valence-electron chi connectivity index (χ3n) is 3.62. The van der Waals surface area contributed by atoms with Gasteiger partial charge in [0.2, 0.25) is 0 Å². The number of ether oxygens (including phenoxy) is 1. The summed E-state index contributed by atoms with van der Waals surface area (Å²) in [6.07, 6.45) is 3.00. The number of benzene rings is 1. The molecule has 17 heavy (non-hydrogen) atoms. The lowest BCUT2D eigenvalue weighted by molar-refractivity contribution is 0.118. The maximum atomic E-state index is 11.7. The van der Waals surface area contributed by atoms with Crippen molar-refractivity contribution in [1.29, 1.82) is 0 Å². The van der Waals surface area contributed by atoms with Gasteiger partial charge in [-0.3, -0.25) is 0 Å². The van der Waals surface area contributed by atoms with Crippen LogP contribution in [0.1, 0.15) is 30.9 Å². The molecule has 1 unspecified atom stereocenters. The van der Waals surface area contributed by atoms with Crippen LogP contribution in [0.25, 0.3) is 0 Å². The maximum absolute atomic E-state index is 11.7. The Kier molecular flexibility index (Phi) is 2.42. The number of aromatic hydroxyl groups is 1. The second-order valence-corrected chi connectivity index (χ2v) is 4.70. The molecule has 0 aromatic heterocycles. The lowest BCUT2D eigenvalue weighted by atomic mass is 9.91. The van der Waals surface area contributed by atoms with Crippen molar-refractivity contribution in [3.05, 3.63) is 29.8 Å². The molecular weight excluding hydrogens is 218 g/mol. The van der Waals surface area contributed by atoms with Gasteiger partial charge in [-0.2, -0.15) is 0 Å². The number of carbonyl (C=O) groups excluding carboxylic acids is 1. The van der Waals surface area contributed by atoms with Gasteiger partial charge in [0.1, 0.15) is 11.9 Å². The van der Waals surface area contributed by atoms with Crippen LogP contribution in [-0.4, -0.2) is 28.7 Å². The molecule has 1 aliphatic heterocycles. The Balaban J connectivity index is 1.73. The number of rotatable bonds is 2. The normalized spacial score (nSPS) is 24.6. The highest BCUT2D eigenvalue weighted by atomic mass is 16.6. The lowest BCUT2D eigenvalue weighted by Gasteiger charge is -2.32. The Bertz CT molecular complexity index is 425.